The fourth-order valence-corrected chi connectivity index (χ4v) is 3.72. The molecule has 0 atom stereocenters. The average Bonchev–Trinajstić information content (AvgIpc) is 3.01. The monoisotopic (exact) mass is 393 g/mol. The SMILES string of the molecule is CCCCN1C(=O)C(=O)N(CC(=O)NN2C(=O)NC3(CCCCC3)C2=O)C1=O. The first-order chi connectivity index (χ1) is 13.3. The molecule has 0 radical (unpaired) electrons. The van der Waals surface area contributed by atoms with Gasteiger partial charge in [0, 0.05) is 6.54 Å². The third-order valence-corrected chi connectivity index (χ3v) is 5.28. The van der Waals surface area contributed by atoms with Crippen LogP contribution >= 0.6 is 0 Å². The van der Waals surface area contributed by atoms with Gasteiger partial charge in [0.15, 0.2) is 0 Å². The van der Waals surface area contributed by atoms with Gasteiger partial charge in [0.1, 0.15) is 12.1 Å². The van der Waals surface area contributed by atoms with Crippen molar-refractivity contribution in [2.75, 3.05) is 13.1 Å². The molecule has 2 aliphatic heterocycles. The molecule has 1 aliphatic carbocycles. The molecule has 2 saturated heterocycles. The summed E-state index contributed by atoms with van der Waals surface area (Å²) in [5.41, 5.74) is 1.14. The Morgan fingerprint density at radius 2 is 1.68 bits per heavy atom. The second-order valence-corrected chi connectivity index (χ2v) is 7.23. The Morgan fingerprint density at radius 1 is 1.04 bits per heavy atom. The van der Waals surface area contributed by atoms with Crippen molar-refractivity contribution in [3.05, 3.63) is 0 Å². The van der Waals surface area contributed by atoms with Gasteiger partial charge in [-0.15, -0.1) is 0 Å². The van der Waals surface area contributed by atoms with Gasteiger partial charge >= 0.3 is 23.9 Å². The highest BCUT2D eigenvalue weighted by atomic mass is 16.2. The van der Waals surface area contributed by atoms with Crippen LogP contribution in [0.3, 0.4) is 0 Å². The van der Waals surface area contributed by atoms with Crippen molar-refractivity contribution >= 4 is 35.7 Å². The lowest BCUT2D eigenvalue weighted by molar-refractivity contribution is -0.145. The molecule has 152 valence electrons. The highest BCUT2D eigenvalue weighted by Gasteiger charge is 2.52. The molecule has 8 amide bonds. The van der Waals surface area contributed by atoms with Crippen LogP contribution in [-0.2, 0) is 19.2 Å². The number of unbranched alkanes of at least 4 members (excludes halogenated alkanes) is 1. The predicted octanol–water partition coefficient (Wildman–Crippen LogP) is -0.137. The molecule has 3 fully saturated rings. The van der Waals surface area contributed by atoms with Gasteiger partial charge in [-0.25, -0.2) is 14.5 Å². The smallest absolute Gasteiger partial charge is 0.322 e. The van der Waals surface area contributed by atoms with E-state index in [9.17, 15) is 28.8 Å². The minimum Gasteiger partial charge on any atom is -0.322 e. The quantitative estimate of drug-likeness (QED) is 0.476. The van der Waals surface area contributed by atoms with Crippen LogP contribution < -0.4 is 10.7 Å². The molecule has 0 aromatic rings. The van der Waals surface area contributed by atoms with E-state index < -0.39 is 47.8 Å². The van der Waals surface area contributed by atoms with Crippen molar-refractivity contribution < 1.29 is 28.8 Å². The number of nitrogens with one attached hydrogen (secondary N) is 2. The third kappa shape index (κ3) is 3.32. The Balaban J connectivity index is 1.63. The van der Waals surface area contributed by atoms with Crippen molar-refractivity contribution in [3.63, 3.8) is 0 Å². The minimum absolute atomic E-state index is 0.0908. The number of hydrogen-bond acceptors (Lipinski definition) is 6. The number of rotatable bonds is 6. The fraction of sp³-hybridized carbons (Fsp3) is 0.647. The van der Waals surface area contributed by atoms with E-state index in [1.807, 2.05) is 6.92 Å². The zero-order chi connectivity index (χ0) is 20.5. The molecular formula is C17H23N5O6. The second-order valence-electron chi connectivity index (χ2n) is 7.23. The first kappa shape index (κ1) is 19.8. The summed E-state index contributed by atoms with van der Waals surface area (Å²) < 4.78 is 0. The normalized spacial score (nSPS) is 21.8. The summed E-state index contributed by atoms with van der Waals surface area (Å²) in [5, 5.41) is 3.23. The maximum Gasteiger partial charge on any atom is 0.344 e. The number of hydrazine groups is 1. The number of nitrogens with zero attached hydrogens (tertiary/aromatic N) is 3. The van der Waals surface area contributed by atoms with E-state index in [-0.39, 0.29) is 6.54 Å². The molecule has 2 heterocycles. The van der Waals surface area contributed by atoms with Crippen LogP contribution in [0.5, 0.6) is 0 Å². The lowest BCUT2D eigenvalue weighted by atomic mass is 9.82. The van der Waals surface area contributed by atoms with Gasteiger partial charge in [0.05, 0.1) is 0 Å². The maximum absolute atomic E-state index is 12.6. The zero-order valence-electron chi connectivity index (χ0n) is 15.7. The van der Waals surface area contributed by atoms with Gasteiger partial charge in [0.25, 0.3) is 11.8 Å². The number of carbonyl (C=O) groups excluding carboxylic acids is 6. The standard InChI is InChI=1S/C17H23N5O6/c1-2-3-9-20-12(24)13(25)21(16(20)28)10-11(23)19-22-14(26)17(18-15(22)27)7-5-4-6-8-17/h2-10H2,1H3,(H,18,27)(H,19,23). The Kier molecular flexibility index (Phi) is 5.34. The Labute approximate surface area is 161 Å². The molecule has 11 nitrogen and oxygen atoms in total. The molecule has 0 aromatic heterocycles. The van der Waals surface area contributed by atoms with Crippen molar-refractivity contribution in [2.45, 2.75) is 57.4 Å². The molecule has 28 heavy (non-hydrogen) atoms. The molecule has 1 spiro atoms. The van der Waals surface area contributed by atoms with Crippen LogP contribution in [0.25, 0.3) is 0 Å². The molecule has 3 aliphatic rings. The van der Waals surface area contributed by atoms with Gasteiger partial charge in [-0.1, -0.05) is 32.6 Å². The third-order valence-electron chi connectivity index (χ3n) is 5.28. The molecule has 0 aromatic carbocycles. The van der Waals surface area contributed by atoms with Gasteiger partial charge in [-0.3, -0.25) is 29.5 Å². The summed E-state index contributed by atoms with van der Waals surface area (Å²) in [4.78, 5) is 74.5. The van der Waals surface area contributed by atoms with E-state index in [0.29, 0.717) is 29.2 Å². The van der Waals surface area contributed by atoms with Crippen LogP contribution in [-0.4, -0.2) is 69.1 Å². The van der Waals surface area contributed by atoms with Crippen LogP contribution in [0.1, 0.15) is 51.9 Å². The Bertz CT molecular complexity index is 744. The van der Waals surface area contributed by atoms with Crippen molar-refractivity contribution in [1.29, 1.82) is 0 Å². The summed E-state index contributed by atoms with van der Waals surface area (Å²) in [6.07, 6.45) is 4.80. The number of carbonyl (C=O) groups is 6. The van der Waals surface area contributed by atoms with E-state index in [4.69, 9.17) is 0 Å². The van der Waals surface area contributed by atoms with Gasteiger partial charge in [-0.05, 0) is 19.3 Å². The molecule has 2 N–H and O–H groups in total. The number of hydrogen-bond donors (Lipinski definition) is 2. The van der Waals surface area contributed by atoms with Crippen molar-refractivity contribution in [1.82, 2.24) is 25.6 Å². The highest BCUT2D eigenvalue weighted by molar-refractivity contribution is 6.45. The predicted molar refractivity (Wildman–Crippen MR) is 93.1 cm³/mol. The summed E-state index contributed by atoms with van der Waals surface area (Å²) in [5.74, 6) is -3.55. The number of imide groups is 3. The molecule has 0 bridgehead atoms. The van der Waals surface area contributed by atoms with Crippen molar-refractivity contribution in [3.8, 4) is 0 Å². The van der Waals surface area contributed by atoms with Crippen molar-refractivity contribution in [2.24, 2.45) is 0 Å². The summed E-state index contributed by atoms with van der Waals surface area (Å²) in [6, 6.07) is -1.63. The van der Waals surface area contributed by atoms with Crippen LogP contribution in [0.15, 0.2) is 0 Å². The van der Waals surface area contributed by atoms with E-state index in [0.717, 1.165) is 30.6 Å². The first-order valence-electron chi connectivity index (χ1n) is 9.44. The lowest BCUT2D eigenvalue weighted by Crippen LogP contribution is -2.53. The van der Waals surface area contributed by atoms with E-state index in [1.165, 1.54) is 0 Å². The average molecular weight is 393 g/mol. The highest BCUT2D eigenvalue weighted by Crippen LogP contribution is 2.33. The largest absolute Gasteiger partial charge is 0.344 e. The van der Waals surface area contributed by atoms with Crippen LogP contribution in [0.4, 0.5) is 9.59 Å². The molecule has 3 rings (SSSR count). The summed E-state index contributed by atoms with van der Waals surface area (Å²) in [7, 11) is 0. The first-order valence-corrected chi connectivity index (χ1v) is 9.44. The molecule has 1 saturated carbocycles. The van der Waals surface area contributed by atoms with Crippen LogP contribution in [0, 0.1) is 0 Å². The van der Waals surface area contributed by atoms with E-state index in [1.54, 1.807) is 0 Å². The number of amides is 8. The van der Waals surface area contributed by atoms with Crippen LogP contribution in [0.2, 0.25) is 0 Å². The summed E-state index contributed by atoms with van der Waals surface area (Å²) in [6.45, 7) is 1.21. The van der Waals surface area contributed by atoms with Gasteiger partial charge in [0.2, 0.25) is 0 Å². The maximum atomic E-state index is 12.6. The van der Waals surface area contributed by atoms with E-state index in [2.05, 4.69) is 10.7 Å². The Morgan fingerprint density at radius 3 is 2.32 bits per heavy atom. The number of urea groups is 2. The van der Waals surface area contributed by atoms with Gasteiger partial charge in [-0.2, -0.15) is 5.01 Å². The molecule has 0 unspecified atom stereocenters. The zero-order valence-corrected chi connectivity index (χ0v) is 15.7. The fourth-order valence-electron chi connectivity index (χ4n) is 3.72. The van der Waals surface area contributed by atoms with Gasteiger partial charge < -0.3 is 5.32 Å². The Hall–Kier alpha value is -2.98. The molecule has 11 heteroatoms. The van der Waals surface area contributed by atoms with E-state index >= 15 is 0 Å². The molecular weight excluding hydrogens is 370 g/mol. The summed E-state index contributed by atoms with van der Waals surface area (Å²) >= 11 is 0. The topological polar surface area (TPSA) is 136 Å². The lowest BCUT2D eigenvalue weighted by Gasteiger charge is -2.30. The minimum atomic E-state index is -1.10. The second kappa shape index (κ2) is 7.56.